The monoisotopic (exact) mass is 230 g/mol. The van der Waals surface area contributed by atoms with Gasteiger partial charge in [-0.05, 0) is 25.5 Å². The third-order valence-corrected chi connectivity index (χ3v) is 1.85. The second-order valence-electron chi connectivity index (χ2n) is 3.10. The number of alkyl halides is 1. The van der Waals surface area contributed by atoms with Gasteiger partial charge in [-0.3, -0.25) is 0 Å². The Balaban J connectivity index is 2.66. The molecule has 3 nitrogen and oxygen atoms in total. The van der Waals surface area contributed by atoms with E-state index in [4.69, 9.17) is 0 Å². The van der Waals surface area contributed by atoms with Crippen LogP contribution in [0.2, 0.25) is 0 Å². The Hall–Kier alpha value is -1.65. The molecule has 1 rings (SSSR count). The van der Waals surface area contributed by atoms with Crippen LogP contribution in [0, 0.1) is 12.7 Å². The molecule has 0 N–H and O–H groups in total. The number of carbonyl (C=O) groups is 1. The van der Waals surface area contributed by atoms with Gasteiger partial charge >= 0.3 is 12.3 Å². The second kappa shape index (κ2) is 5.44. The van der Waals surface area contributed by atoms with Crippen molar-refractivity contribution in [2.75, 3.05) is 6.61 Å². The number of esters is 1. The maximum atomic E-state index is 13.1. The first-order valence-electron chi connectivity index (χ1n) is 4.78. The van der Waals surface area contributed by atoms with E-state index in [1.54, 1.807) is 13.8 Å². The van der Waals surface area contributed by atoms with Gasteiger partial charge in [0.2, 0.25) is 0 Å². The summed E-state index contributed by atoms with van der Waals surface area (Å²) in [5.41, 5.74) is 0.416. The summed E-state index contributed by atoms with van der Waals surface area (Å²) in [6, 6.07) is 3.83. The lowest BCUT2D eigenvalue weighted by molar-refractivity contribution is -0.159. The first-order chi connectivity index (χ1) is 7.54. The summed E-state index contributed by atoms with van der Waals surface area (Å²) in [5.74, 6) is -1.69. The number of carbonyl (C=O) groups excluding carboxylic acids is 1. The summed E-state index contributed by atoms with van der Waals surface area (Å²) >= 11 is 0. The topological polar surface area (TPSA) is 35.5 Å². The molecule has 0 aromatic heterocycles. The highest BCUT2D eigenvalue weighted by atomic mass is 19.1. The third-order valence-electron chi connectivity index (χ3n) is 1.85. The van der Waals surface area contributed by atoms with Gasteiger partial charge in [0.1, 0.15) is 11.6 Å². The second-order valence-corrected chi connectivity index (χ2v) is 3.10. The van der Waals surface area contributed by atoms with Crippen molar-refractivity contribution in [3.8, 4) is 5.75 Å². The van der Waals surface area contributed by atoms with Crippen LogP contribution in [0.4, 0.5) is 8.78 Å². The van der Waals surface area contributed by atoms with Crippen LogP contribution in [0.25, 0.3) is 0 Å². The number of ether oxygens (including phenoxy) is 2. The molecule has 0 fully saturated rings. The molecule has 0 aliphatic heterocycles. The predicted octanol–water partition coefficient (Wildman–Crippen LogP) is 2.37. The molecule has 88 valence electrons. The van der Waals surface area contributed by atoms with Crippen LogP contribution < -0.4 is 4.74 Å². The van der Waals surface area contributed by atoms with Crippen LogP contribution in [-0.4, -0.2) is 18.9 Å². The molecule has 0 aliphatic carbocycles. The molecule has 0 heterocycles. The predicted molar refractivity (Wildman–Crippen MR) is 53.3 cm³/mol. The van der Waals surface area contributed by atoms with Gasteiger partial charge < -0.3 is 9.47 Å². The minimum Gasteiger partial charge on any atom is -0.461 e. The SMILES string of the molecule is CCOC(=O)C(F)Oc1ccc(C)c(F)c1. The number of benzene rings is 1. The van der Waals surface area contributed by atoms with E-state index in [0.29, 0.717) is 5.56 Å². The molecule has 0 spiro atoms. The summed E-state index contributed by atoms with van der Waals surface area (Å²) < 4.78 is 35.1. The van der Waals surface area contributed by atoms with Crippen LogP contribution >= 0.6 is 0 Å². The van der Waals surface area contributed by atoms with Gasteiger partial charge in [0.25, 0.3) is 0 Å². The average Bonchev–Trinajstić information content (AvgIpc) is 2.24. The van der Waals surface area contributed by atoms with Crippen molar-refractivity contribution in [3.05, 3.63) is 29.6 Å². The van der Waals surface area contributed by atoms with E-state index in [1.807, 2.05) is 0 Å². The first kappa shape index (κ1) is 12.4. The van der Waals surface area contributed by atoms with Gasteiger partial charge in [-0.2, -0.15) is 4.39 Å². The molecule has 16 heavy (non-hydrogen) atoms. The number of aryl methyl sites for hydroxylation is 1. The van der Waals surface area contributed by atoms with Crippen molar-refractivity contribution in [1.82, 2.24) is 0 Å². The molecular formula is C11H12F2O3. The lowest BCUT2D eigenvalue weighted by Gasteiger charge is -2.10. The molecule has 1 unspecified atom stereocenters. The minimum atomic E-state index is -2.23. The fourth-order valence-electron chi connectivity index (χ4n) is 1.02. The molecule has 1 aromatic carbocycles. The third kappa shape index (κ3) is 3.18. The van der Waals surface area contributed by atoms with E-state index < -0.39 is 18.1 Å². The van der Waals surface area contributed by atoms with E-state index in [9.17, 15) is 13.6 Å². The normalized spacial score (nSPS) is 12.0. The zero-order chi connectivity index (χ0) is 12.1. The summed E-state index contributed by atoms with van der Waals surface area (Å²) in [4.78, 5) is 10.9. The summed E-state index contributed by atoms with van der Waals surface area (Å²) in [6.45, 7) is 3.18. The van der Waals surface area contributed by atoms with Crippen LogP contribution in [0.1, 0.15) is 12.5 Å². The number of hydrogen-bond acceptors (Lipinski definition) is 3. The quantitative estimate of drug-likeness (QED) is 0.745. The lowest BCUT2D eigenvalue weighted by Crippen LogP contribution is -2.24. The van der Waals surface area contributed by atoms with Crippen molar-refractivity contribution in [1.29, 1.82) is 0 Å². The highest BCUT2D eigenvalue weighted by Crippen LogP contribution is 2.17. The Morgan fingerprint density at radius 1 is 1.50 bits per heavy atom. The number of halogens is 2. The maximum absolute atomic E-state index is 13.1. The summed E-state index contributed by atoms with van der Waals surface area (Å²) in [5, 5.41) is 0. The molecule has 0 aliphatic rings. The van der Waals surface area contributed by atoms with Crippen molar-refractivity contribution in [2.45, 2.75) is 20.2 Å². The maximum Gasteiger partial charge on any atom is 0.381 e. The number of rotatable bonds is 4. The fourth-order valence-corrected chi connectivity index (χ4v) is 1.02. The van der Waals surface area contributed by atoms with Gasteiger partial charge in [0.05, 0.1) is 6.61 Å². The molecule has 0 saturated heterocycles. The van der Waals surface area contributed by atoms with Crippen molar-refractivity contribution in [3.63, 3.8) is 0 Å². The molecular weight excluding hydrogens is 218 g/mol. The Kier molecular flexibility index (Phi) is 4.22. The van der Waals surface area contributed by atoms with Gasteiger partial charge in [0.15, 0.2) is 0 Å². The van der Waals surface area contributed by atoms with Gasteiger partial charge in [-0.25, -0.2) is 9.18 Å². The average molecular weight is 230 g/mol. The van der Waals surface area contributed by atoms with Crippen LogP contribution in [0.15, 0.2) is 18.2 Å². The summed E-state index contributed by atoms with van der Waals surface area (Å²) in [7, 11) is 0. The molecule has 0 bridgehead atoms. The fraction of sp³-hybridized carbons (Fsp3) is 0.364. The molecule has 5 heteroatoms. The summed E-state index contributed by atoms with van der Waals surface area (Å²) in [6.07, 6.45) is -2.23. The van der Waals surface area contributed by atoms with Crippen molar-refractivity contribution in [2.24, 2.45) is 0 Å². The van der Waals surface area contributed by atoms with Gasteiger partial charge in [-0.15, -0.1) is 0 Å². The molecule has 0 radical (unpaired) electrons. The van der Waals surface area contributed by atoms with E-state index in [1.165, 1.54) is 12.1 Å². The zero-order valence-corrected chi connectivity index (χ0v) is 9.00. The van der Waals surface area contributed by atoms with Crippen LogP contribution in [0.3, 0.4) is 0 Å². The van der Waals surface area contributed by atoms with Gasteiger partial charge in [0, 0.05) is 6.07 Å². The Morgan fingerprint density at radius 2 is 2.19 bits per heavy atom. The largest absolute Gasteiger partial charge is 0.461 e. The van der Waals surface area contributed by atoms with Crippen LogP contribution in [-0.2, 0) is 9.53 Å². The highest BCUT2D eigenvalue weighted by molar-refractivity contribution is 5.73. The zero-order valence-electron chi connectivity index (χ0n) is 9.00. The Morgan fingerprint density at radius 3 is 2.75 bits per heavy atom. The van der Waals surface area contributed by atoms with E-state index in [-0.39, 0.29) is 12.4 Å². The Bertz CT molecular complexity index is 379. The standard InChI is InChI=1S/C11H12F2O3/c1-3-15-11(14)10(13)16-8-5-4-7(2)9(12)6-8/h4-6,10H,3H2,1-2H3. The first-order valence-corrected chi connectivity index (χ1v) is 4.78. The van der Waals surface area contributed by atoms with E-state index in [0.717, 1.165) is 6.07 Å². The number of hydrogen-bond donors (Lipinski definition) is 0. The van der Waals surface area contributed by atoms with Crippen molar-refractivity contribution < 1.29 is 23.0 Å². The smallest absolute Gasteiger partial charge is 0.381 e. The molecule has 0 saturated carbocycles. The minimum absolute atomic E-state index is 0.0522. The van der Waals surface area contributed by atoms with E-state index >= 15 is 0 Å². The Labute approximate surface area is 92.0 Å². The molecule has 0 amide bonds. The van der Waals surface area contributed by atoms with E-state index in [2.05, 4.69) is 9.47 Å². The van der Waals surface area contributed by atoms with Crippen LogP contribution in [0.5, 0.6) is 5.75 Å². The molecule has 1 atom stereocenters. The van der Waals surface area contributed by atoms with Gasteiger partial charge in [-0.1, -0.05) is 6.07 Å². The lowest BCUT2D eigenvalue weighted by atomic mass is 10.2. The highest BCUT2D eigenvalue weighted by Gasteiger charge is 2.20. The molecule has 1 aromatic rings. The van der Waals surface area contributed by atoms with Crippen molar-refractivity contribution >= 4 is 5.97 Å².